The van der Waals surface area contributed by atoms with Crippen LogP contribution < -0.4 is 4.90 Å². The summed E-state index contributed by atoms with van der Waals surface area (Å²) in [7, 11) is 0. The van der Waals surface area contributed by atoms with Crippen LogP contribution in [0.5, 0.6) is 0 Å². The highest BCUT2D eigenvalue weighted by Gasteiger charge is 2.26. The van der Waals surface area contributed by atoms with Crippen LogP contribution in [0.3, 0.4) is 0 Å². The maximum Gasteiger partial charge on any atom is 0.258 e. The third-order valence-electron chi connectivity index (χ3n) is 7.39. The summed E-state index contributed by atoms with van der Waals surface area (Å²) in [6.07, 6.45) is 6.04. The first kappa shape index (κ1) is 28.1. The number of rotatable bonds is 4. The predicted molar refractivity (Wildman–Crippen MR) is 157 cm³/mol. The van der Waals surface area contributed by atoms with Crippen LogP contribution in [0.25, 0.3) is 0 Å². The van der Waals surface area contributed by atoms with Gasteiger partial charge in [0, 0.05) is 57.2 Å². The molecule has 1 aromatic heterocycles. The van der Waals surface area contributed by atoms with Gasteiger partial charge in [-0.25, -0.2) is 14.4 Å². The van der Waals surface area contributed by atoms with Gasteiger partial charge < -0.3 is 9.80 Å². The van der Waals surface area contributed by atoms with Crippen LogP contribution >= 0.6 is 0 Å². The largest absolute Gasteiger partial charge is 0.334 e. The van der Waals surface area contributed by atoms with E-state index >= 15 is 0 Å². The van der Waals surface area contributed by atoms with Gasteiger partial charge in [0.2, 0.25) is 0 Å². The number of fused-ring (bicyclic) bond motifs is 1. The van der Waals surface area contributed by atoms with Crippen molar-refractivity contribution in [3.05, 3.63) is 125 Å². The zero-order valence-electron chi connectivity index (χ0n) is 23.2. The Morgan fingerprint density at radius 3 is 2.22 bits per heavy atom. The van der Waals surface area contributed by atoms with E-state index in [1.165, 1.54) is 48.5 Å². The van der Waals surface area contributed by atoms with E-state index in [0.29, 0.717) is 30.8 Å². The normalized spacial score (nSPS) is 15.0. The van der Waals surface area contributed by atoms with E-state index in [2.05, 4.69) is 27.0 Å². The Morgan fingerprint density at radius 1 is 0.780 bits per heavy atom. The summed E-state index contributed by atoms with van der Waals surface area (Å²) in [4.78, 5) is 41.7. The molecule has 0 unspecified atom stereocenters. The summed E-state index contributed by atoms with van der Waals surface area (Å²) in [6.45, 7) is 5.70. The first-order valence-corrected chi connectivity index (χ1v) is 14.0. The van der Waals surface area contributed by atoms with Gasteiger partial charge in [-0.05, 0) is 60.7 Å². The van der Waals surface area contributed by atoms with Gasteiger partial charge in [0.1, 0.15) is 12.1 Å². The highest BCUT2D eigenvalue weighted by atomic mass is 19.1. The molecule has 8 heteroatoms. The summed E-state index contributed by atoms with van der Waals surface area (Å²) in [5.41, 5.74) is 4.67. The number of nitrogens with zero attached hydrogens (tertiary/aromatic N) is 5. The molecule has 4 aromatic rings. The van der Waals surface area contributed by atoms with Crippen LogP contribution in [0.2, 0.25) is 0 Å². The number of amides is 2. The molecule has 41 heavy (non-hydrogen) atoms. The molecule has 1 aliphatic rings. The minimum absolute atomic E-state index is 0.152. The number of hydrogen-bond donors (Lipinski definition) is 0. The van der Waals surface area contributed by atoms with Crippen molar-refractivity contribution in [1.29, 1.82) is 0 Å². The number of para-hydroxylation sites is 1. The lowest BCUT2D eigenvalue weighted by Gasteiger charge is -2.32. The van der Waals surface area contributed by atoms with Gasteiger partial charge in [-0.15, -0.1) is 0 Å². The summed E-state index contributed by atoms with van der Waals surface area (Å²) >= 11 is 0. The van der Waals surface area contributed by atoms with Crippen molar-refractivity contribution in [2.45, 2.75) is 32.9 Å². The van der Waals surface area contributed by atoms with Gasteiger partial charge in [0.25, 0.3) is 11.8 Å². The Morgan fingerprint density at radius 2 is 1.49 bits per heavy atom. The fourth-order valence-corrected chi connectivity index (χ4v) is 5.40. The van der Waals surface area contributed by atoms with Crippen molar-refractivity contribution >= 4 is 17.5 Å². The molecular formula is C33H34FN5O2. The number of hydrogen-bond acceptors (Lipinski definition) is 5. The molecule has 0 saturated heterocycles. The van der Waals surface area contributed by atoms with Crippen LogP contribution in [-0.2, 0) is 13.1 Å². The van der Waals surface area contributed by atoms with Gasteiger partial charge in [0.05, 0.1) is 11.3 Å². The minimum atomic E-state index is -0.387. The second kappa shape index (κ2) is 13.3. The van der Waals surface area contributed by atoms with Crippen molar-refractivity contribution < 1.29 is 14.0 Å². The van der Waals surface area contributed by atoms with E-state index in [1.807, 2.05) is 48.2 Å². The van der Waals surface area contributed by atoms with Crippen LogP contribution in [0.15, 0.2) is 91.5 Å². The van der Waals surface area contributed by atoms with Crippen LogP contribution in [0.1, 0.15) is 50.2 Å². The average Bonchev–Trinajstić information content (AvgIpc) is 2.99. The molecule has 0 spiro atoms. The number of aryl methyl sites for hydroxylation is 1. The number of anilines is 1. The standard InChI is InChI=1S/C33H34FN5O2/c1-25-8-5-11-28-23-38(32(40)29-20-35-24-36-21-29)18-6-16-37(22-26-9-3-2-4-10-26)17-7-19-39(31(25)28)33(41)27-12-14-30(34)15-13-27/h2-5,8-15,20-21,24H,6-7,16-19,22-23H2,1H3. The first-order chi connectivity index (χ1) is 20.0. The van der Waals surface area contributed by atoms with E-state index < -0.39 is 0 Å². The first-order valence-electron chi connectivity index (χ1n) is 14.0. The Labute approximate surface area is 240 Å². The van der Waals surface area contributed by atoms with E-state index in [0.717, 1.165) is 49.3 Å². The Bertz CT molecular complexity index is 1460. The molecule has 210 valence electrons. The SMILES string of the molecule is Cc1cccc2c1N(C(=O)c1ccc(F)cc1)CCCN(Cc1ccccc1)CCCN(C(=O)c1cncnc1)C2. The van der Waals surface area contributed by atoms with Crippen molar-refractivity contribution in [2.24, 2.45) is 0 Å². The van der Waals surface area contributed by atoms with Crippen molar-refractivity contribution in [3.63, 3.8) is 0 Å². The highest BCUT2D eigenvalue weighted by molar-refractivity contribution is 6.07. The van der Waals surface area contributed by atoms with Crippen LogP contribution in [0.4, 0.5) is 10.1 Å². The molecule has 3 aromatic carbocycles. The van der Waals surface area contributed by atoms with Crippen molar-refractivity contribution in [1.82, 2.24) is 19.8 Å². The lowest BCUT2D eigenvalue weighted by Crippen LogP contribution is -2.39. The molecule has 2 amide bonds. The fraction of sp³-hybridized carbons (Fsp3) is 0.273. The van der Waals surface area contributed by atoms with E-state index in [4.69, 9.17) is 0 Å². The molecule has 0 N–H and O–H groups in total. The number of halogens is 1. The fourth-order valence-electron chi connectivity index (χ4n) is 5.40. The van der Waals surface area contributed by atoms with Gasteiger partial charge in [-0.3, -0.25) is 14.5 Å². The van der Waals surface area contributed by atoms with E-state index in [9.17, 15) is 14.0 Å². The molecule has 7 nitrogen and oxygen atoms in total. The summed E-state index contributed by atoms with van der Waals surface area (Å²) in [5, 5.41) is 0. The molecule has 0 bridgehead atoms. The van der Waals surface area contributed by atoms with Crippen LogP contribution in [0, 0.1) is 12.7 Å². The molecule has 0 saturated carbocycles. The molecule has 0 fully saturated rings. The topological polar surface area (TPSA) is 69.6 Å². The average molecular weight is 552 g/mol. The predicted octanol–water partition coefficient (Wildman–Crippen LogP) is 5.51. The Kier molecular flexibility index (Phi) is 9.11. The van der Waals surface area contributed by atoms with Crippen LogP contribution in [-0.4, -0.2) is 57.8 Å². The number of carbonyl (C=O) groups is 2. The number of carbonyl (C=O) groups excluding carboxylic acids is 2. The zero-order chi connectivity index (χ0) is 28.6. The number of aromatic nitrogens is 2. The second-order valence-corrected chi connectivity index (χ2v) is 10.4. The minimum Gasteiger partial charge on any atom is -0.334 e. The quantitative estimate of drug-likeness (QED) is 0.335. The summed E-state index contributed by atoms with van der Waals surface area (Å²) in [6, 6.07) is 21.9. The molecule has 0 atom stereocenters. The maximum absolute atomic E-state index is 13.9. The molecule has 0 radical (unpaired) electrons. The summed E-state index contributed by atoms with van der Waals surface area (Å²) in [5.74, 6) is -0.731. The lowest BCUT2D eigenvalue weighted by atomic mass is 10.0. The van der Waals surface area contributed by atoms with Gasteiger partial charge >= 0.3 is 0 Å². The molecule has 5 rings (SSSR count). The van der Waals surface area contributed by atoms with E-state index in [-0.39, 0.29) is 17.6 Å². The van der Waals surface area contributed by atoms with Crippen molar-refractivity contribution in [2.75, 3.05) is 31.1 Å². The maximum atomic E-state index is 13.9. The Balaban J connectivity index is 1.52. The lowest BCUT2D eigenvalue weighted by molar-refractivity contribution is 0.0733. The van der Waals surface area contributed by atoms with Gasteiger partial charge in [-0.1, -0.05) is 48.5 Å². The highest BCUT2D eigenvalue weighted by Crippen LogP contribution is 2.29. The molecule has 2 heterocycles. The van der Waals surface area contributed by atoms with Gasteiger partial charge in [-0.2, -0.15) is 0 Å². The second-order valence-electron chi connectivity index (χ2n) is 10.4. The smallest absolute Gasteiger partial charge is 0.258 e. The monoisotopic (exact) mass is 551 g/mol. The summed E-state index contributed by atoms with van der Waals surface area (Å²) < 4.78 is 13.7. The number of benzene rings is 3. The van der Waals surface area contributed by atoms with Crippen molar-refractivity contribution in [3.8, 4) is 0 Å². The molecule has 1 aliphatic heterocycles. The third kappa shape index (κ3) is 7.02. The molecular weight excluding hydrogens is 517 g/mol. The van der Waals surface area contributed by atoms with Gasteiger partial charge in [0.15, 0.2) is 0 Å². The zero-order valence-corrected chi connectivity index (χ0v) is 23.2. The Hall–Kier alpha value is -4.43. The molecule has 0 aliphatic carbocycles. The van der Waals surface area contributed by atoms with E-state index in [1.54, 1.807) is 4.90 Å². The third-order valence-corrected chi connectivity index (χ3v) is 7.39.